The van der Waals surface area contributed by atoms with Gasteiger partial charge in [-0.15, -0.1) is 0 Å². The summed E-state index contributed by atoms with van der Waals surface area (Å²) in [6, 6.07) is 66.8. The summed E-state index contributed by atoms with van der Waals surface area (Å²) in [7, 11) is 0. The average Bonchev–Trinajstić information content (AvgIpc) is 1.12. The van der Waals surface area contributed by atoms with Crippen molar-refractivity contribution in [2.45, 2.75) is 0 Å². The van der Waals surface area contributed by atoms with Crippen LogP contribution in [0.1, 0.15) is 24.7 Å². The van der Waals surface area contributed by atoms with Gasteiger partial charge in [-0.2, -0.15) is 0 Å². The Morgan fingerprint density at radius 1 is 0.271 bits per heavy atom. The topological polar surface area (TPSA) is 29.5 Å². The molecule has 446 valence electrons. The van der Waals surface area contributed by atoms with Gasteiger partial charge in [0.2, 0.25) is 0 Å². The van der Waals surface area contributed by atoms with E-state index in [4.69, 9.17) is 15.4 Å². The predicted molar refractivity (Wildman–Crippen MR) is 404 cm³/mol. The van der Waals surface area contributed by atoms with Gasteiger partial charge in [-0.05, 0) is 128 Å². The third-order valence-corrected chi connectivity index (χ3v) is 19.1. The van der Waals surface area contributed by atoms with Crippen LogP contribution in [0.2, 0.25) is 0 Å². The molecule has 6 heteroatoms. The number of hydrogen-bond acceptors (Lipinski definition) is 3. The third-order valence-electron chi connectivity index (χ3n) is 19.1. The number of nitrogens with zero attached hydrogens (tertiary/aromatic N) is 4. The van der Waals surface area contributed by atoms with Crippen LogP contribution < -0.4 is 26.2 Å². The highest BCUT2D eigenvalue weighted by atomic mass is 16.3. The Hall–Kier alpha value is -12.6. The standard InChI is InChI=1S/C90H57BN4O/c1-6-25-58(26-7-1)62-48-51-81(75(53-62)61-31-12-4-13-32-61)94-82-52-49-63(59-27-8-2-9-28-59)54-77(82)91-76-50-47-64(60-29-10-3-11-30-60)55-84(76)95(86-57-66(56-85(94)87(86)91)92-78-43-19-16-35-67(78)68-36-17-20-44-79(68)92)83-46-24-42-74-73-41-23-40-72(89(73)96-90(74)83)71-39-22-38-70-69-37-18-21-45-80(69)93(88(70)71)65-33-14-5-15-34-65/h1-57H/i2D,3D,8D,9D,10D,11D,16D,17D,19D,20D,27D,28D,29D,30D,35D,36D,43D,44D. The second-order valence-corrected chi connectivity index (χ2v) is 24.1. The average molecular weight is 1240 g/mol. The second-order valence-electron chi connectivity index (χ2n) is 24.1. The van der Waals surface area contributed by atoms with Crippen LogP contribution in [0.15, 0.2) is 350 Å². The van der Waals surface area contributed by atoms with Crippen LogP contribution in [0.5, 0.6) is 0 Å². The smallest absolute Gasteiger partial charge is 0.252 e. The molecule has 96 heavy (non-hydrogen) atoms. The zero-order chi connectivity index (χ0) is 78.6. The van der Waals surface area contributed by atoms with Gasteiger partial charge in [0.25, 0.3) is 6.71 Å². The van der Waals surface area contributed by atoms with Crippen molar-refractivity contribution in [2.75, 3.05) is 9.80 Å². The molecule has 0 saturated heterocycles. The Bertz CT molecular complexity index is 7180. The lowest BCUT2D eigenvalue weighted by Gasteiger charge is -2.45. The van der Waals surface area contributed by atoms with E-state index >= 15 is 0 Å². The summed E-state index contributed by atoms with van der Waals surface area (Å²) in [4.78, 5) is 4.05. The molecule has 5 heterocycles. The van der Waals surface area contributed by atoms with E-state index in [0.717, 1.165) is 66.3 Å². The maximum atomic E-state index is 9.98. The van der Waals surface area contributed by atoms with Gasteiger partial charge in [0.1, 0.15) is 5.58 Å². The largest absolute Gasteiger partial charge is 0.453 e. The summed E-state index contributed by atoms with van der Waals surface area (Å²) in [5, 5.41) is 3.14. The lowest BCUT2D eigenvalue weighted by Crippen LogP contribution is -2.61. The molecule has 0 aliphatic carbocycles. The van der Waals surface area contributed by atoms with E-state index in [1.807, 2.05) is 181 Å². The summed E-state index contributed by atoms with van der Waals surface area (Å²) in [5.74, 6) is 0. The van der Waals surface area contributed by atoms with E-state index in [0.29, 0.717) is 67.1 Å². The molecule has 18 aromatic rings. The highest BCUT2D eigenvalue weighted by Gasteiger charge is 2.45. The second kappa shape index (κ2) is 21.5. The van der Waals surface area contributed by atoms with Crippen LogP contribution in [0, 0.1) is 0 Å². The normalized spacial score (nSPS) is 15.1. The van der Waals surface area contributed by atoms with Gasteiger partial charge < -0.3 is 23.4 Å². The Labute approximate surface area is 580 Å². The van der Waals surface area contributed by atoms with Crippen LogP contribution in [0.4, 0.5) is 34.1 Å². The molecule has 0 radical (unpaired) electrons. The molecular formula is C90H57BN4O. The molecule has 2 aliphatic rings. The van der Waals surface area contributed by atoms with Crippen molar-refractivity contribution in [1.29, 1.82) is 0 Å². The number of benzene rings is 15. The molecule has 0 saturated carbocycles. The minimum Gasteiger partial charge on any atom is -0.453 e. The number of anilines is 6. The minimum atomic E-state index is -0.963. The fourth-order valence-corrected chi connectivity index (χ4v) is 15.1. The quantitative estimate of drug-likeness (QED) is 0.135. The van der Waals surface area contributed by atoms with Crippen molar-refractivity contribution in [3.63, 3.8) is 0 Å². The van der Waals surface area contributed by atoms with Crippen LogP contribution >= 0.6 is 0 Å². The van der Waals surface area contributed by atoms with Gasteiger partial charge in [0.05, 0.1) is 63.8 Å². The molecule has 0 atom stereocenters. The Morgan fingerprint density at radius 3 is 1.52 bits per heavy atom. The van der Waals surface area contributed by atoms with Crippen LogP contribution in [-0.2, 0) is 0 Å². The molecule has 5 nitrogen and oxygen atoms in total. The number of hydrogen-bond donors (Lipinski definition) is 0. The van der Waals surface area contributed by atoms with E-state index in [-0.39, 0.29) is 49.7 Å². The first-order valence-electron chi connectivity index (χ1n) is 40.6. The van der Waals surface area contributed by atoms with Gasteiger partial charge in [-0.25, -0.2) is 0 Å². The Balaban J connectivity index is 0.970. The maximum absolute atomic E-state index is 9.98. The lowest BCUT2D eigenvalue weighted by atomic mass is 9.33. The fourth-order valence-electron chi connectivity index (χ4n) is 15.1. The van der Waals surface area contributed by atoms with E-state index in [1.54, 1.807) is 18.2 Å². The number of aromatic nitrogens is 2. The maximum Gasteiger partial charge on any atom is 0.252 e. The third kappa shape index (κ3) is 8.19. The number of furan rings is 1. The molecular weight excluding hydrogens is 1160 g/mol. The molecule has 0 N–H and O–H groups in total. The fraction of sp³-hybridized carbons (Fsp3) is 0. The van der Waals surface area contributed by atoms with Gasteiger partial charge in [-0.3, -0.25) is 0 Å². The van der Waals surface area contributed by atoms with Gasteiger partial charge in [0, 0.05) is 77.4 Å². The summed E-state index contributed by atoms with van der Waals surface area (Å²) in [6.45, 7) is -0.963. The van der Waals surface area contributed by atoms with Crippen LogP contribution in [0.3, 0.4) is 0 Å². The molecule has 2 aliphatic heterocycles. The van der Waals surface area contributed by atoms with Crippen molar-refractivity contribution in [3.05, 3.63) is 345 Å². The van der Waals surface area contributed by atoms with E-state index in [9.17, 15) is 13.7 Å². The zero-order valence-corrected chi connectivity index (χ0v) is 50.8. The Morgan fingerprint density at radius 2 is 0.812 bits per heavy atom. The SMILES string of the molecule is [2H]c1c([2H])c([2H])c(-c2ccc3c(c2)B2c4ccc(-c5c([2H])c([2H])c([2H])c([2H])c5[2H])cc4N(c4cccc5c4oc4c(-c6cccc7c8ccccc8n(-c8ccccc8)c67)cccc45)c4cc(-n5c6c([2H])c([2H])c([2H])c([2H])c6c6c([2H])c([2H])c([2H])c([2H])c65)cc(c42)N3c2ccc(-c3ccccc3)cc2-c2ccccc2)c([2H])c1[2H]. The first-order valence-corrected chi connectivity index (χ1v) is 31.6. The van der Waals surface area contributed by atoms with Gasteiger partial charge in [0.15, 0.2) is 5.58 Å². The molecule has 15 aromatic carbocycles. The summed E-state index contributed by atoms with van der Waals surface area (Å²) < 4.78 is 180. The minimum absolute atomic E-state index is 0.0720. The Kier molecular flexibility index (Phi) is 8.73. The summed E-state index contributed by atoms with van der Waals surface area (Å²) in [6.07, 6.45) is 0. The lowest BCUT2D eigenvalue weighted by molar-refractivity contribution is 0.670. The highest BCUT2D eigenvalue weighted by molar-refractivity contribution is 7.00. The van der Waals surface area contributed by atoms with Crippen molar-refractivity contribution < 1.29 is 29.1 Å². The number of fused-ring (bicyclic) bond motifs is 13. The number of rotatable bonds is 9. The predicted octanol–water partition coefficient (Wildman–Crippen LogP) is 22.2. The van der Waals surface area contributed by atoms with E-state index in [2.05, 4.69) is 51.9 Å². The van der Waals surface area contributed by atoms with E-state index in [1.165, 1.54) is 4.57 Å². The first kappa shape index (κ1) is 39.0. The molecule has 0 unspecified atom stereocenters. The van der Waals surface area contributed by atoms with Gasteiger partial charge >= 0.3 is 0 Å². The molecule has 3 aromatic heterocycles. The van der Waals surface area contributed by atoms with Crippen LogP contribution in [0.25, 0.3) is 133 Å². The highest BCUT2D eigenvalue weighted by Crippen LogP contribution is 2.52. The molecule has 0 amide bonds. The summed E-state index contributed by atoms with van der Waals surface area (Å²) in [5.41, 5.74) is 13.2. The zero-order valence-electron chi connectivity index (χ0n) is 68.8. The summed E-state index contributed by atoms with van der Waals surface area (Å²) >= 11 is 0. The monoisotopic (exact) mass is 1240 g/mol. The van der Waals surface area contributed by atoms with E-state index < -0.39 is 115 Å². The first-order chi connectivity index (χ1) is 55.1. The number of para-hydroxylation sites is 7. The van der Waals surface area contributed by atoms with Crippen molar-refractivity contribution in [2.24, 2.45) is 0 Å². The van der Waals surface area contributed by atoms with Crippen LogP contribution in [-0.4, -0.2) is 15.8 Å². The van der Waals surface area contributed by atoms with Crippen molar-refractivity contribution in [3.8, 4) is 67.0 Å². The molecule has 0 bridgehead atoms. The molecule has 0 fully saturated rings. The molecule has 20 rings (SSSR count). The van der Waals surface area contributed by atoms with Crippen molar-refractivity contribution >= 4 is 123 Å². The van der Waals surface area contributed by atoms with Crippen molar-refractivity contribution in [1.82, 2.24) is 9.13 Å². The van der Waals surface area contributed by atoms with Gasteiger partial charge in [-0.1, -0.05) is 273 Å². The molecule has 0 spiro atoms.